The fourth-order valence-electron chi connectivity index (χ4n) is 3.80. The predicted octanol–water partition coefficient (Wildman–Crippen LogP) is 2.98. The zero-order chi connectivity index (χ0) is 22.7. The molecule has 1 aromatic carbocycles. The van der Waals surface area contributed by atoms with E-state index >= 15 is 0 Å². The molecule has 0 spiro atoms. The highest BCUT2D eigenvalue weighted by atomic mass is 32.2. The number of piperidine rings is 1. The van der Waals surface area contributed by atoms with Gasteiger partial charge in [0.2, 0.25) is 15.9 Å². The van der Waals surface area contributed by atoms with Gasteiger partial charge in [0.05, 0.1) is 11.4 Å². The molecule has 0 radical (unpaired) electrons. The van der Waals surface area contributed by atoms with Gasteiger partial charge in [0.15, 0.2) is 5.82 Å². The molecule has 1 aliphatic rings. The van der Waals surface area contributed by atoms with E-state index in [1.54, 1.807) is 35.3 Å². The molecule has 2 aromatic heterocycles. The average molecular weight is 454 g/mol. The smallest absolute Gasteiger partial charge is 0.243 e. The van der Waals surface area contributed by atoms with Crippen LogP contribution in [0.1, 0.15) is 29.5 Å². The normalized spacial score (nSPS) is 15.6. The topological polar surface area (TPSA) is 97.2 Å². The van der Waals surface area contributed by atoms with Crippen molar-refractivity contribution < 1.29 is 13.2 Å². The molecule has 3 aromatic rings. The number of aromatic nitrogens is 3. The molecule has 0 atom stereocenters. The first-order valence-electron chi connectivity index (χ1n) is 10.6. The Bertz CT molecular complexity index is 1200. The van der Waals surface area contributed by atoms with Gasteiger partial charge in [-0.25, -0.2) is 8.42 Å². The summed E-state index contributed by atoms with van der Waals surface area (Å²) in [5.74, 6) is 0.128. The molecule has 0 unspecified atom stereocenters. The quantitative estimate of drug-likeness (QED) is 0.619. The summed E-state index contributed by atoms with van der Waals surface area (Å²) < 4.78 is 29.2. The number of benzene rings is 1. The molecular formula is C23H27N5O3S. The summed E-state index contributed by atoms with van der Waals surface area (Å²) in [5.41, 5.74) is 3.07. The molecule has 8 nitrogen and oxygen atoms in total. The lowest BCUT2D eigenvalue weighted by Crippen LogP contribution is -2.41. The van der Waals surface area contributed by atoms with E-state index in [4.69, 9.17) is 0 Å². The maximum Gasteiger partial charge on any atom is 0.243 e. The third-order valence-electron chi connectivity index (χ3n) is 5.93. The molecule has 168 valence electrons. The Morgan fingerprint density at radius 1 is 1.06 bits per heavy atom. The number of carbonyl (C=O) groups is 1. The van der Waals surface area contributed by atoms with Crippen LogP contribution >= 0.6 is 0 Å². The van der Waals surface area contributed by atoms with Gasteiger partial charge >= 0.3 is 0 Å². The predicted molar refractivity (Wildman–Crippen MR) is 122 cm³/mol. The third-order valence-corrected chi connectivity index (χ3v) is 7.82. The van der Waals surface area contributed by atoms with Crippen LogP contribution in [0.15, 0.2) is 59.9 Å². The van der Waals surface area contributed by atoms with E-state index in [9.17, 15) is 13.2 Å². The van der Waals surface area contributed by atoms with Gasteiger partial charge in [-0.3, -0.25) is 14.5 Å². The number of nitrogens with zero attached hydrogens (tertiary/aromatic N) is 4. The molecule has 4 rings (SSSR count). The van der Waals surface area contributed by atoms with Crippen molar-refractivity contribution in [2.45, 2.75) is 38.1 Å². The number of sulfonamides is 1. The van der Waals surface area contributed by atoms with Gasteiger partial charge in [-0.2, -0.15) is 9.40 Å². The lowest BCUT2D eigenvalue weighted by molar-refractivity contribution is -0.120. The van der Waals surface area contributed by atoms with E-state index in [0.717, 1.165) is 16.7 Å². The Hall–Kier alpha value is -3.04. The number of nitrogens with one attached hydrogen (secondary N) is 1. The van der Waals surface area contributed by atoms with Crippen LogP contribution in [0.25, 0.3) is 0 Å². The monoisotopic (exact) mass is 453 g/mol. The SMILES string of the molecule is Cc1ccc(S(=O)(=O)N2CCC(C(=O)Nc3ccn(Cc4ccncc4)n3)CC2)cc1C. The highest BCUT2D eigenvalue weighted by molar-refractivity contribution is 7.89. The van der Waals surface area contributed by atoms with Crippen LogP contribution in [0.4, 0.5) is 5.82 Å². The summed E-state index contributed by atoms with van der Waals surface area (Å²) in [7, 11) is -3.55. The molecule has 0 saturated carbocycles. The second kappa shape index (κ2) is 9.22. The van der Waals surface area contributed by atoms with Crippen LogP contribution in [-0.2, 0) is 21.4 Å². The van der Waals surface area contributed by atoms with Gasteiger partial charge in [0, 0.05) is 43.7 Å². The number of anilines is 1. The van der Waals surface area contributed by atoms with Gasteiger partial charge in [-0.05, 0) is 67.6 Å². The molecule has 9 heteroatoms. The summed E-state index contributed by atoms with van der Waals surface area (Å²) in [6.07, 6.45) is 6.23. The maximum atomic E-state index is 13.0. The summed E-state index contributed by atoms with van der Waals surface area (Å²) in [4.78, 5) is 17.0. The largest absolute Gasteiger partial charge is 0.309 e. The van der Waals surface area contributed by atoms with Crippen molar-refractivity contribution in [3.8, 4) is 0 Å². The molecule has 1 fully saturated rings. The van der Waals surface area contributed by atoms with Gasteiger partial charge < -0.3 is 5.32 Å². The Morgan fingerprint density at radius 2 is 1.78 bits per heavy atom. The number of pyridine rings is 1. The van der Waals surface area contributed by atoms with Crippen molar-refractivity contribution in [1.82, 2.24) is 19.1 Å². The second-order valence-electron chi connectivity index (χ2n) is 8.17. The van der Waals surface area contributed by atoms with Crippen molar-refractivity contribution in [2.24, 2.45) is 5.92 Å². The van der Waals surface area contributed by atoms with Crippen LogP contribution in [0, 0.1) is 19.8 Å². The Balaban J connectivity index is 1.33. The fraction of sp³-hybridized carbons (Fsp3) is 0.348. The van der Waals surface area contributed by atoms with E-state index < -0.39 is 10.0 Å². The highest BCUT2D eigenvalue weighted by Crippen LogP contribution is 2.26. The van der Waals surface area contributed by atoms with E-state index in [-0.39, 0.29) is 11.8 Å². The van der Waals surface area contributed by atoms with E-state index in [1.807, 2.05) is 38.2 Å². The fourth-order valence-corrected chi connectivity index (χ4v) is 5.36. The molecule has 0 bridgehead atoms. The number of carbonyl (C=O) groups excluding carboxylic acids is 1. The van der Waals surface area contributed by atoms with Gasteiger partial charge in [0.25, 0.3) is 0 Å². The van der Waals surface area contributed by atoms with Crippen LogP contribution in [-0.4, -0.2) is 46.5 Å². The van der Waals surface area contributed by atoms with Crippen LogP contribution in [0.3, 0.4) is 0 Å². The van der Waals surface area contributed by atoms with Crippen molar-refractivity contribution in [1.29, 1.82) is 0 Å². The zero-order valence-corrected chi connectivity index (χ0v) is 19.0. The lowest BCUT2D eigenvalue weighted by atomic mass is 9.97. The van der Waals surface area contributed by atoms with E-state index in [0.29, 0.717) is 43.2 Å². The second-order valence-corrected chi connectivity index (χ2v) is 10.1. The number of hydrogen-bond donors (Lipinski definition) is 1. The van der Waals surface area contributed by atoms with Crippen molar-refractivity contribution in [2.75, 3.05) is 18.4 Å². The zero-order valence-electron chi connectivity index (χ0n) is 18.2. The first-order chi connectivity index (χ1) is 15.3. The van der Waals surface area contributed by atoms with Crippen LogP contribution < -0.4 is 5.32 Å². The minimum absolute atomic E-state index is 0.123. The van der Waals surface area contributed by atoms with Crippen molar-refractivity contribution in [3.05, 3.63) is 71.7 Å². The molecule has 3 heterocycles. The van der Waals surface area contributed by atoms with Crippen LogP contribution in [0.2, 0.25) is 0 Å². The Morgan fingerprint density at radius 3 is 2.47 bits per heavy atom. The number of aryl methyl sites for hydroxylation is 2. The molecule has 1 N–H and O–H groups in total. The first-order valence-corrected chi connectivity index (χ1v) is 12.1. The molecule has 1 amide bonds. The van der Waals surface area contributed by atoms with E-state index in [2.05, 4.69) is 15.4 Å². The highest BCUT2D eigenvalue weighted by Gasteiger charge is 2.32. The minimum Gasteiger partial charge on any atom is -0.309 e. The summed E-state index contributed by atoms with van der Waals surface area (Å²) in [6, 6.07) is 10.8. The number of amides is 1. The third kappa shape index (κ3) is 4.89. The lowest BCUT2D eigenvalue weighted by Gasteiger charge is -2.30. The first kappa shape index (κ1) is 22.2. The summed E-state index contributed by atoms with van der Waals surface area (Å²) >= 11 is 0. The number of hydrogen-bond acceptors (Lipinski definition) is 5. The summed E-state index contributed by atoms with van der Waals surface area (Å²) in [6.45, 7) is 5.10. The Kier molecular flexibility index (Phi) is 6.38. The van der Waals surface area contributed by atoms with Gasteiger partial charge in [-0.1, -0.05) is 6.07 Å². The van der Waals surface area contributed by atoms with Crippen molar-refractivity contribution in [3.63, 3.8) is 0 Å². The minimum atomic E-state index is -3.55. The molecule has 0 aliphatic carbocycles. The maximum absolute atomic E-state index is 13.0. The van der Waals surface area contributed by atoms with Gasteiger partial charge in [0.1, 0.15) is 0 Å². The Labute approximate surface area is 188 Å². The van der Waals surface area contributed by atoms with Crippen molar-refractivity contribution >= 4 is 21.7 Å². The van der Waals surface area contributed by atoms with E-state index in [1.165, 1.54) is 4.31 Å². The average Bonchev–Trinajstić information content (AvgIpc) is 3.23. The molecule has 32 heavy (non-hydrogen) atoms. The van der Waals surface area contributed by atoms with Gasteiger partial charge in [-0.15, -0.1) is 0 Å². The molecule has 1 aliphatic heterocycles. The molecular weight excluding hydrogens is 426 g/mol. The summed E-state index contributed by atoms with van der Waals surface area (Å²) in [5, 5.41) is 7.27. The van der Waals surface area contributed by atoms with Crippen LogP contribution in [0.5, 0.6) is 0 Å². The number of rotatable bonds is 6. The standard InChI is InChI=1S/C23H27N5O3S/c1-17-3-4-21(15-18(17)2)32(30,31)28-13-7-20(8-14-28)23(29)25-22-9-12-27(26-22)16-19-5-10-24-11-6-19/h3-6,9-12,15,20H,7-8,13-14,16H2,1-2H3,(H,25,26,29). The molecule has 1 saturated heterocycles.